The zero-order valence-corrected chi connectivity index (χ0v) is 7.52. The van der Waals surface area contributed by atoms with Crippen LogP contribution in [0.1, 0.15) is 6.92 Å². The Hall–Kier alpha value is -0.550. The van der Waals surface area contributed by atoms with Gasteiger partial charge in [-0.05, 0) is 28.4 Å². The molecule has 0 amide bonds. The maximum atomic E-state index is 3.59. The average molecular weight is 155 g/mol. The lowest BCUT2D eigenvalue weighted by molar-refractivity contribution is 1.26. The van der Waals surface area contributed by atoms with Gasteiger partial charge in [0.2, 0.25) is 0 Å². The molecule has 0 fully saturated rings. The van der Waals surface area contributed by atoms with Crippen LogP contribution in [0.2, 0.25) is 0 Å². The van der Waals surface area contributed by atoms with Gasteiger partial charge in [-0.25, -0.2) is 0 Å². The predicted octanol–water partition coefficient (Wildman–Crippen LogP) is 2.45. The Morgan fingerprint density at radius 2 is 2.30 bits per heavy atom. The first kappa shape index (κ1) is 9.45. The largest absolute Gasteiger partial charge is 0.367 e. The van der Waals surface area contributed by atoms with Gasteiger partial charge in [0.25, 0.3) is 0 Å². The van der Waals surface area contributed by atoms with Crippen LogP contribution in [0.5, 0.6) is 0 Å². The fourth-order valence-corrected chi connectivity index (χ4v) is 1.04. The van der Waals surface area contributed by atoms with E-state index in [1.165, 1.54) is 0 Å². The third-order valence-electron chi connectivity index (χ3n) is 0.992. The van der Waals surface area contributed by atoms with Crippen LogP contribution in [0.4, 0.5) is 0 Å². The summed E-state index contributed by atoms with van der Waals surface area (Å²) in [6.45, 7) is 7.70. The Kier molecular flexibility index (Phi) is 6.21. The van der Waals surface area contributed by atoms with E-state index in [0.29, 0.717) is 0 Å². The van der Waals surface area contributed by atoms with Crippen LogP contribution in [0.25, 0.3) is 0 Å². The first-order valence-corrected chi connectivity index (χ1v) is 4.73. The van der Waals surface area contributed by atoms with Crippen molar-refractivity contribution in [3.05, 3.63) is 36.6 Å². The summed E-state index contributed by atoms with van der Waals surface area (Å²) in [7, 11) is 0.752. The normalized spacial score (nSPS) is 13.2. The molecule has 0 bridgehead atoms. The molecule has 0 heterocycles. The SMILES string of the molecule is C=C/C=C\C(=C/C)NPC. The van der Waals surface area contributed by atoms with Gasteiger partial charge < -0.3 is 5.09 Å². The van der Waals surface area contributed by atoms with E-state index in [0.717, 1.165) is 14.4 Å². The van der Waals surface area contributed by atoms with E-state index in [-0.39, 0.29) is 0 Å². The quantitative estimate of drug-likeness (QED) is 0.485. The maximum Gasteiger partial charge on any atom is 0.0327 e. The third-order valence-corrected chi connectivity index (χ3v) is 1.53. The lowest BCUT2D eigenvalue weighted by Crippen LogP contribution is -1.96. The highest BCUT2D eigenvalue weighted by Crippen LogP contribution is 2.01. The summed E-state index contributed by atoms with van der Waals surface area (Å²) in [4.78, 5) is 0. The van der Waals surface area contributed by atoms with Gasteiger partial charge in [-0.3, -0.25) is 0 Å². The summed E-state index contributed by atoms with van der Waals surface area (Å²) in [6.07, 6.45) is 7.73. The van der Waals surface area contributed by atoms with Crippen molar-refractivity contribution in [1.29, 1.82) is 0 Å². The molecule has 1 unspecified atom stereocenters. The summed E-state index contributed by atoms with van der Waals surface area (Å²) in [5, 5.41) is 3.22. The van der Waals surface area contributed by atoms with Crippen LogP contribution in [0.15, 0.2) is 36.6 Å². The topological polar surface area (TPSA) is 12.0 Å². The van der Waals surface area contributed by atoms with E-state index in [1.54, 1.807) is 6.08 Å². The number of hydrogen-bond donors (Lipinski definition) is 1. The molecule has 1 N–H and O–H groups in total. The molecule has 10 heavy (non-hydrogen) atoms. The summed E-state index contributed by atoms with van der Waals surface area (Å²) in [5.74, 6) is 0. The molecule has 0 saturated carbocycles. The Bertz CT molecular complexity index is 147. The molecule has 0 aliphatic carbocycles. The zero-order chi connectivity index (χ0) is 7.82. The van der Waals surface area contributed by atoms with Crippen LogP contribution in [0.3, 0.4) is 0 Å². The smallest absolute Gasteiger partial charge is 0.0327 e. The molecule has 0 radical (unpaired) electrons. The van der Waals surface area contributed by atoms with Gasteiger partial charge in [0.1, 0.15) is 0 Å². The fraction of sp³-hybridized carbons (Fsp3) is 0.250. The van der Waals surface area contributed by atoms with E-state index >= 15 is 0 Å². The van der Waals surface area contributed by atoms with Crippen LogP contribution >= 0.6 is 8.73 Å². The molecule has 2 heteroatoms. The van der Waals surface area contributed by atoms with Crippen molar-refractivity contribution in [2.45, 2.75) is 6.92 Å². The van der Waals surface area contributed by atoms with E-state index in [9.17, 15) is 0 Å². The van der Waals surface area contributed by atoms with Crippen molar-refractivity contribution in [1.82, 2.24) is 5.09 Å². The van der Waals surface area contributed by atoms with Crippen LogP contribution in [-0.4, -0.2) is 6.66 Å². The first-order valence-electron chi connectivity index (χ1n) is 3.23. The number of rotatable bonds is 4. The molecular formula is C8H14NP. The Morgan fingerprint density at radius 1 is 1.60 bits per heavy atom. The minimum Gasteiger partial charge on any atom is -0.367 e. The van der Waals surface area contributed by atoms with Gasteiger partial charge in [-0.15, -0.1) is 0 Å². The summed E-state index contributed by atoms with van der Waals surface area (Å²) >= 11 is 0. The van der Waals surface area contributed by atoms with E-state index < -0.39 is 0 Å². The van der Waals surface area contributed by atoms with E-state index in [4.69, 9.17) is 0 Å². The minimum absolute atomic E-state index is 0.752. The van der Waals surface area contributed by atoms with Crippen molar-refractivity contribution in [2.75, 3.05) is 6.66 Å². The summed E-state index contributed by atoms with van der Waals surface area (Å²) < 4.78 is 0. The molecule has 0 aliphatic rings. The van der Waals surface area contributed by atoms with Gasteiger partial charge >= 0.3 is 0 Å². The van der Waals surface area contributed by atoms with Gasteiger partial charge in [-0.2, -0.15) is 0 Å². The highest BCUT2D eigenvalue weighted by atomic mass is 31.1. The molecule has 0 saturated heterocycles. The van der Waals surface area contributed by atoms with Crippen LogP contribution in [-0.2, 0) is 0 Å². The predicted molar refractivity (Wildman–Crippen MR) is 50.5 cm³/mol. The second kappa shape index (κ2) is 6.57. The molecule has 1 nitrogen and oxygen atoms in total. The minimum atomic E-state index is 0.752. The van der Waals surface area contributed by atoms with Gasteiger partial charge in [0, 0.05) is 5.70 Å². The Balaban J connectivity index is 3.84. The van der Waals surface area contributed by atoms with Gasteiger partial charge in [0.15, 0.2) is 0 Å². The standard InChI is InChI=1S/C8H14NP/c1-4-6-7-8(5-2)9-10-3/h4-7,9-10H,1H2,2-3H3/b7-6-,8-5+. The monoisotopic (exact) mass is 155 g/mol. The lowest BCUT2D eigenvalue weighted by atomic mass is 10.4. The zero-order valence-electron chi connectivity index (χ0n) is 6.52. The molecule has 0 aromatic rings. The van der Waals surface area contributed by atoms with E-state index in [2.05, 4.69) is 18.3 Å². The Labute approximate surface area is 64.7 Å². The molecular weight excluding hydrogens is 141 g/mol. The van der Waals surface area contributed by atoms with Crippen molar-refractivity contribution in [3.8, 4) is 0 Å². The van der Waals surface area contributed by atoms with Crippen molar-refractivity contribution in [3.63, 3.8) is 0 Å². The lowest BCUT2D eigenvalue weighted by Gasteiger charge is -2.00. The Morgan fingerprint density at radius 3 is 2.70 bits per heavy atom. The molecule has 0 aromatic carbocycles. The number of nitrogens with one attached hydrogen (secondary N) is 1. The molecule has 1 atom stereocenters. The highest BCUT2D eigenvalue weighted by molar-refractivity contribution is 7.34. The van der Waals surface area contributed by atoms with Gasteiger partial charge in [-0.1, -0.05) is 24.8 Å². The fourth-order valence-electron chi connectivity index (χ4n) is 0.526. The second-order valence-electron chi connectivity index (χ2n) is 1.71. The second-order valence-corrected chi connectivity index (χ2v) is 2.46. The molecule has 0 aliphatic heterocycles. The third kappa shape index (κ3) is 4.34. The summed E-state index contributed by atoms with van der Waals surface area (Å²) in [5.41, 5.74) is 1.15. The summed E-state index contributed by atoms with van der Waals surface area (Å²) in [6, 6.07) is 0. The van der Waals surface area contributed by atoms with E-state index in [1.807, 2.05) is 25.2 Å². The highest BCUT2D eigenvalue weighted by Gasteiger charge is 1.81. The molecule has 0 spiro atoms. The first-order chi connectivity index (χ1) is 4.85. The van der Waals surface area contributed by atoms with Crippen LogP contribution in [0, 0.1) is 0 Å². The van der Waals surface area contributed by atoms with Crippen molar-refractivity contribution < 1.29 is 0 Å². The van der Waals surface area contributed by atoms with Crippen molar-refractivity contribution in [2.24, 2.45) is 0 Å². The molecule has 0 rings (SSSR count). The number of hydrogen-bond acceptors (Lipinski definition) is 1. The van der Waals surface area contributed by atoms with Crippen LogP contribution < -0.4 is 5.09 Å². The molecule has 0 aromatic heterocycles. The van der Waals surface area contributed by atoms with Crippen molar-refractivity contribution >= 4 is 8.73 Å². The number of allylic oxidation sites excluding steroid dienone is 4. The maximum absolute atomic E-state index is 3.59. The molecule has 56 valence electrons. The van der Waals surface area contributed by atoms with Gasteiger partial charge in [0.05, 0.1) is 0 Å². The average Bonchev–Trinajstić information content (AvgIpc) is 1.98.